The number of carbonyl (C=O) groups excluding carboxylic acids is 1. The van der Waals surface area contributed by atoms with Crippen LogP contribution < -0.4 is 10.6 Å². The highest BCUT2D eigenvalue weighted by molar-refractivity contribution is 5.99. The third-order valence-corrected chi connectivity index (χ3v) is 3.25. The SMILES string of the molecule is Cc1ccc(N(C)C(=O)C(C)(C)N)c(C)c1C. The molecule has 0 atom stereocenters. The minimum Gasteiger partial charge on any atom is -0.318 e. The van der Waals surface area contributed by atoms with E-state index in [0.717, 1.165) is 11.3 Å². The predicted octanol–water partition coefficient (Wildman–Crippen LogP) is 2.31. The summed E-state index contributed by atoms with van der Waals surface area (Å²) in [6.45, 7) is 9.62. The second-order valence-electron chi connectivity index (χ2n) is 5.24. The molecule has 1 rings (SSSR count). The van der Waals surface area contributed by atoms with Gasteiger partial charge >= 0.3 is 0 Å². The van der Waals surface area contributed by atoms with E-state index in [-0.39, 0.29) is 5.91 Å². The van der Waals surface area contributed by atoms with E-state index in [0.29, 0.717) is 0 Å². The van der Waals surface area contributed by atoms with Crippen LogP contribution in [-0.4, -0.2) is 18.5 Å². The van der Waals surface area contributed by atoms with Crippen LogP contribution in [0.3, 0.4) is 0 Å². The van der Waals surface area contributed by atoms with Gasteiger partial charge in [-0.2, -0.15) is 0 Å². The van der Waals surface area contributed by atoms with Gasteiger partial charge in [0.25, 0.3) is 0 Å². The predicted molar refractivity (Wildman–Crippen MR) is 72.3 cm³/mol. The number of nitrogens with two attached hydrogens (primary N) is 1. The first-order chi connectivity index (χ1) is 7.66. The molecular weight excluding hydrogens is 212 g/mol. The summed E-state index contributed by atoms with van der Waals surface area (Å²) in [6, 6.07) is 4.01. The lowest BCUT2D eigenvalue weighted by Crippen LogP contribution is -2.50. The van der Waals surface area contributed by atoms with Gasteiger partial charge in [-0.05, 0) is 57.4 Å². The fourth-order valence-electron chi connectivity index (χ4n) is 1.85. The van der Waals surface area contributed by atoms with E-state index in [9.17, 15) is 4.79 Å². The number of amides is 1. The third kappa shape index (κ3) is 2.67. The summed E-state index contributed by atoms with van der Waals surface area (Å²) in [5, 5.41) is 0. The molecule has 0 saturated heterocycles. The molecular formula is C14H22N2O. The molecule has 0 radical (unpaired) electrons. The molecule has 0 fully saturated rings. The van der Waals surface area contributed by atoms with Crippen molar-refractivity contribution in [3.8, 4) is 0 Å². The maximum atomic E-state index is 12.1. The molecule has 0 unspecified atom stereocenters. The Hall–Kier alpha value is -1.35. The zero-order valence-electron chi connectivity index (χ0n) is 11.6. The fourth-order valence-corrected chi connectivity index (χ4v) is 1.85. The first-order valence-corrected chi connectivity index (χ1v) is 5.80. The normalized spacial score (nSPS) is 11.5. The molecule has 0 aliphatic carbocycles. The van der Waals surface area contributed by atoms with Gasteiger partial charge in [-0.1, -0.05) is 6.07 Å². The molecule has 3 heteroatoms. The average molecular weight is 234 g/mol. The summed E-state index contributed by atoms with van der Waals surface area (Å²) in [5.41, 5.74) is 9.51. The van der Waals surface area contributed by atoms with Crippen molar-refractivity contribution in [3.63, 3.8) is 0 Å². The minimum absolute atomic E-state index is 0.0798. The summed E-state index contributed by atoms with van der Waals surface area (Å²) >= 11 is 0. The number of hydrogen-bond acceptors (Lipinski definition) is 2. The molecule has 0 aliphatic heterocycles. The lowest BCUT2D eigenvalue weighted by Gasteiger charge is -2.28. The molecule has 0 heterocycles. The molecule has 1 amide bonds. The summed E-state index contributed by atoms with van der Waals surface area (Å²) < 4.78 is 0. The molecule has 0 saturated carbocycles. The van der Waals surface area contributed by atoms with E-state index in [1.54, 1.807) is 25.8 Å². The molecule has 3 nitrogen and oxygen atoms in total. The summed E-state index contributed by atoms with van der Waals surface area (Å²) in [6.07, 6.45) is 0. The van der Waals surface area contributed by atoms with Gasteiger partial charge < -0.3 is 10.6 Å². The van der Waals surface area contributed by atoms with Gasteiger partial charge in [0.15, 0.2) is 0 Å². The maximum absolute atomic E-state index is 12.1. The van der Waals surface area contributed by atoms with Crippen molar-refractivity contribution in [2.24, 2.45) is 5.73 Å². The van der Waals surface area contributed by atoms with Crippen LogP contribution in [0.25, 0.3) is 0 Å². The summed E-state index contributed by atoms with van der Waals surface area (Å²) in [4.78, 5) is 13.8. The molecule has 0 bridgehead atoms. The molecule has 1 aromatic rings. The average Bonchev–Trinajstić information content (AvgIpc) is 2.23. The Labute approximate surface area is 104 Å². The Kier molecular flexibility index (Phi) is 3.62. The van der Waals surface area contributed by atoms with Crippen LogP contribution in [0.2, 0.25) is 0 Å². The lowest BCUT2D eigenvalue weighted by atomic mass is 10.00. The highest BCUT2D eigenvalue weighted by Gasteiger charge is 2.27. The largest absolute Gasteiger partial charge is 0.318 e. The van der Waals surface area contributed by atoms with Crippen LogP contribution in [0.1, 0.15) is 30.5 Å². The second-order valence-corrected chi connectivity index (χ2v) is 5.24. The number of benzene rings is 1. The summed E-state index contributed by atoms with van der Waals surface area (Å²) in [7, 11) is 1.77. The Morgan fingerprint density at radius 3 is 2.18 bits per heavy atom. The molecule has 0 spiro atoms. The van der Waals surface area contributed by atoms with Crippen LogP contribution in [0.5, 0.6) is 0 Å². The Morgan fingerprint density at radius 2 is 1.71 bits per heavy atom. The standard InChI is InChI=1S/C14H22N2O/c1-9-7-8-12(11(3)10(9)2)16(6)13(17)14(4,5)15/h7-8H,15H2,1-6H3. The van der Waals surface area contributed by atoms with Crippen LogP contribution in [-0.2, 0) is 4.79 Å². The zero-order valence-corrected chi connectivity index (χ0v) is 11.6. The molecule has 94 valence electrons. The van der Waals surface area contributed by atoms with E-state index < -0.39 is 5.54 Å². The van der Waals surface area contributed by atoms with Crippen molar-refractivity contribution in [1.29, 1.82) is 0 Å². The Morgan fingerprint density at radius 1 is 1.18 bits per heavy atom. The van der Waals surface area contributed by atoms with Crippen LogP contribution in [0.4, 0.5) is 5.69 Å². The van der Waals surface area contributed by atoms with Gasteiger partial charge in [0, 0.05) is 12.7 Å². The van der Waals surface area contributed by atoms with Crippen molar-refractivity contribution in [1.82, 2.24) is 0 Å². The number of anilines is 1. The van der Waals surface area contributed by atoms with Gasteiger partial charge in [0.1, 0.15) is 0 Å². The molecule has 2 N–H and O–H groups in total. The van der Waals surface area contributed by atoms with Gasteiger partial charge in [0.2, 0.25) is 5.91 Å². The first-order valence-electron chi connectivity index (χ1n) is 5.80. The number of nitrogens with zero attached hydrogens (tertiary/aromatic N) is 1. The van der Waals surface area contributed by atoms with Crippen molar-refractivity contribution < 1.29 is 4.79 Å². The minimum atomic E-state index is -0.847. The molecule has 17 heavy (non-hydrogen) atoms. The topological polar surface area (TPSA) is 46.3 Å². The van der Waals surface area contributed by atoms with Gasteiger partial charge in [0.05, 0.1) is 5.54 Å². The smallest absolute Gasteiger partial charge is 0.246 e. The molecule has 0 aromatic heterocycles. The van der Waals surface area contributed by atoms with Gasteiger partial charge in [-0.25, -0.2) is 0 Å². The quantitative estimate of drug-likeness (QED) is 0.853. The van der Waals surface area contributed by atoms with E-state index in [4.69, 9.17) is 5.73 Å². The highest BCUT2D eigenvalue weighted by Crippen LogP contribution is 2.25. The number of likely N-dealkylation sites (N-methyl/N-ethyl adjacent to an activating group) is 1. The van der Waals surface area contributed by atoms with Gasteiger partial charge in [-0.3, -0.25) is 4.79 Å². The first kappa shape index (κ1) is 13.7. The van der Waals surface area contributed by atoms with Crippen molar-refractivity contribution in [2.45, 2.75) is 40.2 Å². The Bertz CT molecular complexity index is 444. The number of carbonyl (C=O) groups is 1. The second kappa shape index (κ2) is 4.49. The number of rotatable bonds is 2. The van der Waals surface area contributed by atoms with E-state index in [1.165, 1.54) is 11.1 Å². The molecule has 0 aliphatic rings. The van der Waals surface area contributed by atoms with E-state index >= 15 is 0 Å². The molecule has 1 aromatic carbocycles. The monoisotopic (exact) mass is 234 g/mol. The van der Waals surface area contributed by atoms with Crippen molar-refractivity contribution in [2.75, 3.05) is 11.9 Å². The number of aryl methyl sites for hydroxylation is 1. The number of hydrogen-bond donors (Lipinski definition) is 1. The fraction of sp³-hybridized carbons (Fsp3) is 0.500. The van der Waals surface area contributed by atoms with Crippen molar-refractivity contribution in [3.05, 3.63) is 28.8 Å². The highest BCUT2D eigenvalue weighted by atomic mass is 16.2. The maximum Gasteiger partial charge on any atom is 0.246 e. The van der Waals surface area contributed by atoms with Crippen LogP contribution in [0.15, 0.2) is 12.1 Å². The van der Waals surface area contributed by atoms with E-state index in [2.05, 4.69) is 13.8 Å². The zero-order chi connectivity index (χ0) is 13.4. The van der Waals surface area contributed by atoms with Crippen molar-refractivity contribution >= 4 is 11.6 Å². The summed E-state index contributed by atoms with van der Waals surface area (Å²) in [5.74, 6) is -0.0798. The third-order valence-electron chi connectivity index (χ3n) is 3.25. The Balaban J connectivity index is 3.19. The van der Waals surface area contributed by atoms with Crippen LogP contribution >= 0.6 is 0 Å². The van der Waals surface area contributed by atoms with Gasteiger partial charge in [-0.15, -0.1) is 0 Å². The lowest BCUT2D eigenvalue weighted by molar-refractivity contribution is -0.122. The van der Waals surface area contributed by atoms with Crippen LogP contribution in [0, 0.1) is 20.8 Å². The van der Waals surface area contributed by atoms with E-state index in [1.807, 2.05) is 19.1 Å².